The quantitative estimate of drug-likeness (QED) is 0.369. The van der Waals surface area contributed by atoms with E-state index in [1.54, 1.807) is 14.2 Å². The molecular weight excluding hydrogens is 372 g/mol. The van der Waals surface area contributed by atoms with Crippen molar-refractivity contribution >= 4 is 21.8 Å². The summed E-state index contributed by atoms with van der Waals surface area (Å²) in [5, 5.41) is 2.03. The zero-order valence-electron chi connectivity index (χ0n) is 16.8. The fourth-order valence-corrected chi connectivity index (χ4v) is 3.73. The molecule has 0 aliphatic rings. The van der Waals surface area contributed by atoms with Crippen molar-refractivity contribution in [2.45, 2.75) is 0 Å². The number of benzene rings is 3. The van der Waals surface area contributed by atoms with Crippen molar-refractivity contribution in [1.29, 1.82) is 0 Å². The second-order valence-corrected chi connectivity index (χ2v) is 7.04. The molecule has 4 heteroatoms. The number of methoxy groups -OCH3 is 2. The first-order chi connectivity index (χ1) is 14.8. The van der Waals surface area contributed by atoms with Gasteiger partial charge in [0.05, 0.1) is 36.6 Å². The number of aromatic nitrogens is 2. The third-order valence-electron chi connectivity index (χ3n) is 5.25. The Labute approximate surface area is 174 Å². The van der Waals surface area contributed by atoms with E-state index in [1.165, 1.54) is 0 Å². The fourth-order valence-electron chi connectivity index (χ4n) is 3.73. The summed E-state index contributed by atoms with van der Waals surface area (Å²) in [5.41, 5.74) is 5.51. The minimum Gasteiger partial charge on any atom is -0.497 e. The lowest BCUT2D eigenvalue weighted by molar-refractivity contribution is 0.398. The van der Waals surface area contributed by atoms with Crippen LogP contribution >= 0.6 is 0 Å². The highest BCUT2D eigenvalue weighted by molar-refractivity contribution is 5.95. The van der Waals surface area contributed by atoms with Crippen molar-refractivity contribution in [3.8, 4) is 34.0 Å². The minimum absolute atomic E-state index is 0.711. The lowest BCUT2D eigenvalue weighted by Gasteiger charge is -2.14. The van der Waals surface area contributed by atoms with Gasteiger partial charge in [-0.05, 0) is 18.2 Å². The zero-order chi connectivity index (χ0) is 20.5. The van der Waals surface area contributed by atoms with Crippen LogP contribution in [-0.2, 0) is 0 Å². The topological polar surface area (TPSA) is 44.2 Å². The predicted octanol–water partition coefficient (Wildman–Crippen LogP) is 6.13. The molecule has 0 bridgehead atoms. The Balaban J connectivity index is 1.83. The number of rotatable bonds is 4. The summed E-state index contributed by atoms with van der Waals surface area (Å²) < 4.78 is 11.1. The van der Waals surface area contributed by atoms with Crippen LogP contribution in [0.1, 0.15) is 0 Å². The van der Waals surface area contributed by atoms with Crippen molar-refractivity contribution in [2.24, 2.45) is 0 Å². The molecular formula is C26H20N2O2. The van der Waals surface area contributed by atoms with Crippen LogP contribution in [-0.4, -0.2) is 24.2 Å². The van der Waals surface area contributed by atoms with Crippen molar-refractivity contribution in [1.82, 2.24) is 9.97 Å². The largest absolute Gasteiger partial charge is 0.497 e. The van der Waals surface area contributed by atoms with Crippen LogP contribution in [0.4, 0.5) is 0 Å². The van der Waals surface area contributed by atoms with E-state index in [-0.39, 0.29) is 0 Å². The number of nitrogens with zero attached hydrogens (tertiary/aromatic N) is 2. The molecule has 0 saturated heterocycles. The van der Waals surface area contributed by atoms with Crippen molar-refractivity contribution in [2.75, 3.05) is 14.2 Å². The molecule has 0 spiro atoms. The molecule has 2 aromatic heterocycles. The van der Waals surface area contributed by atoms with E-state index in [4.69, 9.17) is 19.4 Å². The number of hydrogen-bond donors (Lipinski definition) is 0. The molecule has 0 saturated carbocycles. The molecule has 0 aliphatic heterocycles. The van der Waals surface area contributed by atoms with Gasteiger partial charge in [-0.1, -0.05) is 54.6 Å². The lowest BCUT2D eigenvalue weighted by atomic mass is 9.99. The van der Waals surface area contributed by atoms with Crippen LogP contribution in [0, 0.1) is 0 Å². The summed E-state index contributed by atoms with van der Waals surface area (Å²) in [6.07, 6.45) is 0. The molecule has 0 aliphatic carbocycles. The average Bonchev–Trinajstić information content (AvgIpc) is 2.82. The summed E-state index contributed by atoms with van der Waals surface area (Å²) >= 11 is 0. The van der Waals surface area contributed by atoms with Gasteiger partial charge < -0.3 is 9.47 Å². The maximum Gasteiger partial charge on any atom is 0.131 e. The van der Waals surface area contributed by atoms with Gasteiger partial charge in [-0.25, -0.2) is 9.97 Å². The maximum absolute atomic E-state index is 5.64. The Morgan fingerprint density at radius 1 is 0.667 bits per heavy atom. The van der Waals surface area contributed by atoms with E-state index >= 15 is 0 Å². The summed E-state index contributed by atoms with van der Waals surface area (Å²) in [6, 6.07) is 28.4. The number of fused-ring (bicyclic) bond motifs is 2. The normalized spacial score (nSPS) is 11.0. The molecule has 5 aromatic rings. The SMILES string of the molecule is COc1cc(OC)c2cc(-c3ccc4ccccc4n3)c(-c3ccccc3)nc2c1. The number of para-hydroxylation sites is 1. The first kappa shape index (κ1) is 18.1. The Kier molecular flexibility index (Phi) is 4.52. The van der Waals surface area contributed by atoms with Crippen molar-refractivity contribution < 1.29 is 9.47 Å². The molecule has 146 valence electrons. The van der Waals surface area contributed by atoms with E-state index in [1.807, 2.05) is 54.6 Å². The van der Waals surface area contributed by atoms with Gasteiger partial charge >= 0.3 is 0 Å². The highest BCUT2D eigenvalue weighted by atomic mass is 16.5. The smallest absolute Gasteiger partial charge is 0.131 e. The summed E-state index contributed by atoms with van der Waals surface area (Å²) in [4.78, 5) is 9.94. The zero-order valence-corrected chi connectivity index (χ0v) is 16.8. The molecule has 2 heterocycles. The van der Waals surface area contributed by atoms with Crippen LogP contribution in [0.5, 0.6) is 11.5 Å². The van der Waals surface area contributed by atoms with E-state index in [0.29, 0.717) is 5.75 Å². The molecule has 0 N–H and O–H groups in total. The highest BCUT2D eigenvalue weighted by Gasteiger charge is 2.16. The van der Waals surface area contributed by atoms with Gasteiger partial charge in [0.25, 0.3) is 0 Å². The lowest BCUT2D eigenvalue weighted by Crippen LogP contribution is -1.96. The van der Waals surface area contributed by atoms with Gasteiger partial charge in [-0.15, -0.1) is 0 Å². The predicted molar refractivity (Wildman–Crippen MR) is 121 cm³/mol. The third-order valence-corrected chi connectivity index (χ3v) is 5.25. The standard InChI is InChI=1S/C26H20N2O2/c1-29-19-14-24-20(25(15-19)30-2)16-21(26(28-24)18-9-4-3-5-10-18)23-13-12-17-8-6-7-11-22(17)27-23/h3-16H,1-2H3. The Morgan fingerprint density at radius 3 is 2.27 bits per heavy atom. The number of ether oxygens (including phenoxy) is 2. The molecule has 0 fully saturated rings. The highest BCUT2D eigenvalue weighted by Crippen LogP contribution is 2.38. The van der Waals surface area contributed by atoms with Gasteiger partial charge in [0.1, 0.15) is 11.5 Å². The summed E-state index contributed by atoms with van der Waals surface area (Å²) in [5.74, 6) is 1.43. The van der Waals surface area contributed by atoms with Crippen LogP contribution in [0.15, 0.2) is 84.9 Å². The molecule has 30 heavy (non-hydrogen) atoms. The summed E-state index contributed by atoms with van der Waals surface area (Å²) in [7, 11) is 3.30. The maximum atomic E-state index is 5.64. The van der Waals surface area contributed by atoms with Crippen LogP contribution in [0.3, 0.4) is 0 Å². The number of hydrogen-bond acceptors (Lipinski definition) is 4. The third kappa shape index (κ3) is 3.12. The van der Waals surface area contributed by atoms with E-state index in [9.17, 15) is 0 Å². The molecule has 3 aromatic carbocycles. The van der Waals surface area contributed by atoms with Gasteiger partial charge in [0, 0.05) is 34.0 Å². The second-order valence-electron chi connectivity index (χ2n) is 7.04. The average molecular weight is 392 g/mol. The van der Waals surface area contributed by atoms with Gasteiger partial charge in [-0.2, -0.15) is 0 Å². The molecule has 0 radical (unpaired) electrons. The van der Waals surface area contributed by atoms with E-state index in [0.717, 1.165) is 50.1 Å². The first-order valence-corrected chi connectivity index (χ1v) is 9.75. The van der Waals surface area contributed by atoms with Crippen LogP contribution in [0.25, 0.3) is 44.3 Å². The van der Waals surface area contributed by atoms with Gasteiger partial charge in [0.15, 0.2) is 0 Å². The van der Waals surface area contributed by atoms with E-state index < -0.39 is 0 Å². The Bertz CT molecular complexity index is 1360. The molecule has 4 nitrogen and oxygen atoms in total. The second kappa shape index (κ2) is 7.48. The fraction of sp³-hybridized carbons (Fsp3) is 0.0769. The van der Waals surface area contributed by atoms with Crippen LogP contribution in [0.2, 0.25) is 0 Å². The molecule has 0 amide bonds. The number of pyridine rings is 2. The first-order valence-electron chi connectivity index (χ1n) is 9.75. The van der Waals surface area contributed by atoms with Crippen LogP contribution < -0.4 is 9.47 Å². The molecule has 5 rings (SSSR count). The van der Waals surface area contributed by atoms with Gasteiger partial charge in [0.2, 0.25) is 0 Å². The summed E-state index contributed by atoms with van der Waals surface area (Å²) in [6.45, 7) is 0. The van der Waals surface area contributed by atoms with E-state index in [2.05, 4.69) is 30.3 Å². The van der Waals surface area contributed by atoms with Gasteiger partial charge in [-0.3, -0.25) is 0 Å². The Hall–Kier alpha value is -3.92. The van der Waals surface area contributed by atoms with Crippen molar-refractivity contribution in [3.05, 3.63) is 84.9 Å². The molecule has 0 unspecified atom stereocenters. The monoisotopic (exact) mass is 392 g/mol. The van der Waals surface area contributed by atoms with Crippen molar-refractivity contribution in [3.63, 3.8) is 0 Å². The Morgan fingerprint density at radius 2 is 1.47 bits per heavy atom. The minimum atomic E-state index is 0.711. The molecule has 0 atom stereocenters.